The standard InChI is InChI=1S/C12H19N3O/c1-9(16)7-8-15(2)11-5-3-10(4-6-11)12(13)14/h3-6,9,16H,7-8H2,1-2H3,(H3,13,14). The van der Waals surface area contributed by atoms with Crippen LogP contribution < -0.4 is 10.6 Å². The third-order valence-corrected chi connectivity index (χ3v) is 2.50. The molecule has 16 heavy (non-hydrogen) atoms. The fourth-order valence-electron chi connectivity index (χ4n) is 1.41. The number of hydrogen-bond acceptors (Lipinski definition) is 3. The lowest BCUT2D eigenvalue weighted by Crippen LogP contribution is -2.22. The molecule has 88 valence electrons. The van der Waals surface area contributed by atoms with E-state index in [4.69, 9.17) is 11.1 Å². The second kappa shape index (κ2) is 5.51. The first-order valence-corrected chi connectivity index (χ1v) is 5.34. The summed E-state index contributed by atoms with van der Waals surface area (Å²) in [4.78, 5) is 2.07. The van der Waals surface area contributed by atoms with Gasteiger partial charge in [0.25, 0.3) is 0 Å². The molecule has 0 spiro atoms. The number of aliphatic hydroxyl groups excluding tert-OH is 1. The Morgan fingerprint density at radius 3 is 2.44 bits per heavy atom. The minimum Gasteiger partial charge on any atom is -0.393 e. The average molecular weight is 221 g/mol. The highest BCUT2D eigenvalue weighted by molar-refractivity contribution is 5.95. The van der Waals surface area contributed by atoms with Gasteiger partial charge in [-0.15, -0.1) is 0 Å². The zero-order chi connectivity index (χ0) is 12.1. The van der Waals surface area contributed by atoms with Crippen LogP contribution >= 0.6 is 0 Å². The number of nitrogens with two attached hydrogens (primary N) is 1. The van der Waals surface area contributed by atoms with Crippen LogP contribution in [0, 0.1) is 5.41 Å². The number of nitrogens with one attached hydrogen (secondary N) is 1. The number of benzene rings is 1. The van der Waals surface area contributed by atoms with E-state index in [0.29, 0.717) is 0 Å². The first kappa shape index (κ1) is 12.5. The van der Waals surface area contributed by atoms with Gasteiger partial charge in [0.2, 0.25) is 0 Å². The van der Waals surface area contributed by atoms with E-state index in [1.165, 1.54) is 0 Å². The van der Waals surface area contributed by atoms with Crippen molar-refractivity contribution in [3.8, 4) is 0 Å². The Hall–Kier alpha value is -1.55. The van der Waals surface area contributed by atoms with E-state index in [2.05, 4.69) is 4.90 Å². The molecule has 0 radical (unpaired) electrons. The van der Waals surface area contributed by atoms with Crippen LogP contribution in [0.1, 0.15) is 18.9 Å². The van der Waals surface area contributed by atoms with Crippen molar-refractivity contribution in [3.05, 3.63) is 29.8 Å². The monoisotopic (exact) mass is 221 g/mol. The molecular weight excluding hydrogens is 202 g/mol. The lowest BCUT2D eigenvalue weighted by molar-refractivity contribution is 0.187. The molecule has 0 amide bonds. The highest BCUT2D eigenvalue weighted by Crippen LogP contribution is 2.14. The third kappa shape index (κ3) is 3.55. The molecule has 4 heteroatoms. The molecule has 0 saturated heterocycles. The Bertz CT molecular complexity index is 346. The summed E-state index contributed by atoms with van der Waals surface area (Å²) in [5.41, 5.74) is 7.17. The molecule has 1 rings (SSSR count). The molecule has 0 aliphatic carbocycles. The van der Waals surface area contributed by atoms with Crippen LogP contribution in [0.15, 0.2) is 24.3 Å². The first-order valence-electron chi connectivity index (χ1n) is 5.34. The molecule has 0 aliphatic heterocycles. The van der Waals surface area contributed by atoms with E-state index in [1.807, 2.05) is 31.3 Å². The van der Waals surface area contributed by atoms with Crippen molar-refractivity contribution in [1.29, 1.82) is 5.41 Å². The van der Waals surface area contributed by atoms with Crippen LogP contribution in [0.25, 0.3) is 0 Å². The van der Waals surface area contributed by atoms with Crippen LogP contribution in [-0.4, -0.2) is 30.6 Å². The summed E-state index contributed by atoms with van der Waals surface area (Å²) in [5, 5.41) is 16.5. The number of amidine groups is 1. The van der Waals surface area contributed by atoms with E-state index in [1.54, 1.807) is 6.92 Å². The molecule has 1 aromatic rings. The number of aliphatic hydroxyl groups is 1. The van der Waals surface area contributed by atoms with Crippen molar-refractivity contribution in [1.82, 2.24) is 0 Å². The molecule has 4 N–H and O–H groups in total. The maximum Gasteiger partial charge on any atom is 0.122 e. The van der Waals surface area contributed by atoms with Gasteiger partial charge in [-0.2, -0.15) is 0 Å². The predicted molar refractivity (Wildman–Crippen MR) is 67.0 cm³/mol. The molecule has 0 bridgehead atoms. The summed E-state index contributed by atoms with van der Waals surface area (Å²) >= 11 is 0. The van der Waals surface area contributed by atoms with Crippen molar-refractivity contribution in [2.45, 2.75) is 19.4 Å². The second-order valence-electron chi connectivity index (χ2n) is 4.02. The van der Waals surface area contributed by atoms with E-state index in [-0.39, 0.29) is 11.9 Å². The van der Waals surface area contributed by atoms with Gasteiger partial charge in [-0.1, -0.05) is 0 Å². The van der Waals surface area contributed by atoms with Crippen molar-refractivity contribution in [3.63, 3.8) is 0 Å². The van der Waals surface area contributed by atoms with Crippen molar-refractivity contribution in [2.75, 3.05) is 18.5 Å². The first-order chi connectivity index (χ1) is 7.50. The summed E-state index contributed by atoms with van der Waals surface area (Å²) in [6.07, 6.45) is 0.462. The molecule has 1 atom stereocenters. The summed E-state index contributed by atoms with van der Waals surface area (Å²) < 4.78 is 0. The average Bonchev–Trinajstić information content (AvgIpc) is 2.26. The van der Waals surface area contributed by atoms with Gasteiger partial charge >= 0.3 is 0 Å². The smallest absolute Gasteiger partial charge is 0.122 e. The molecule has 0 saturated carbocycles. The van der Waals surface area contributed by atoms with Gasteiger partial charge in [-0.25, -0.2) is 0 Å². The summed E-state index contributed by atoms with van der Waals surface area (Å²) in [6, 6.07) is 7.52. The minimum absolute atomic E-state index is 0.0817. The number of anilines is 1. The van der Waals surface area contributed by atoms with Gasteiger partial charge in [0, 0.05) is 24.8 Å². The lowest BCUT2D eigenvalue weighted by Gasteiger charge is -2.20. The van der Waals surface area contributed by atoms with Gasteiger partial charge in [-0.05, 0) is 37.6 Å². The van der Waals surface area contributed by atoms with Crippen LogP contribution in [0.5, 0.6) is 0 Å². The Morgan fingerprint density at radius 2 is 2.00 bits per heavy atom. The maximum absolute atomic E-state index is 9.19. The van der Waals surface area contributed by atoms with Crippen LogP contribution in [0.4, 0.5) is 5.69 Å². The Balaban J connectivity index is 2.63. The van der Waals surface area contributed by atoms with Crippen LogP contribution in [-0.2, 0) is 0 Å². The number of nitrogen functional groups attached to an aromatic ring is 1. The van der Waals surface area contributed by atoms with Gasteiger partial charge in [0.05, 0.1) is 6.10 Å². The Labute approximate surface area is 96.2 Å². The quantitative estimate of drug-likeness (QED) is 0.516. The maximum atomic E-state index is 9.19. The topological polar surface area (TPSA) is 73.3 Å². The van der Waals surface area contributed by atoms with Crippen molar-refractivity contribution < 1.29 is 5.11 Å². The fourth-order valence-corrected chi connectivity index (χ4v) is 1.41. The Kier molecular flexibility index (Phi) is 4.31. The molecule has 1 aromatic carbocycles. The van der Waals surface area contributed by atoms with Gasteiger partial charge < -0.3 is 15.7 Å². The van der Waals surface area contributed by atoms with Gasteiger partial charge in [0.15, 0.2) is 0 Å². The molecule has 0 aromatic heterocycles. The molecule has 1 unspecified atom stereocenters. The van der Waals surface area contributed by atoms with Crippen LogP contribution in [0.3, 0.4) is 0 Å². The lowest BCUT2D eigenvalue weighted by atomic mass is 10.2. The van der Waals surface area contributed by atoms with Crippen molar-refractivity contribution in [2.24, 2.45) is 5.73 Å². The third-order valence-electron chi connectivity index (χ3n) is 2.50. The number of hydrogen-bond donors (Lipinski definition) is 3. The largest absolute Gasteiger partial charge is 0.393 e. The summed E-state index contributed by atoms with van der Waals surface area (Å²) in [6.45, 7) is 2.59. The fraction of sp³-hybridized carbons (Fsp3) is 0.417. The molecule has 0 fully saturated rings. The molecule has 0 aliphatic rings. The highest BCUT2D eigenvalue weighted by atomic mass is 16.3. The molecule has 0 heterocycles. The SMILES string of the molecule is CC(O)CCN(C)c1ccc(C(=N)N)cc1. The zero-order valence-electron chi connectivity index (χ0n) is 9.77. The van der Waals surface area contributed by atoms with Crippen LogP contribution in [0.2, 0.25) is 0 Å². The molecular formula is C12H19N3O. The highest BCUT2D eigenvalue weighted by Gasteiger charge is 2.03. The van der Waals surface area contributed by atoms with E-state index in [0.717, 1.165) is 24.2 Å². The summed E-state index contributed by atoms with van der Waals surface area (Å²) in [7, 11) is 1.98. The Morgan fingerprint density at radius 1 is 1.44 bits per heavy atom. The van der Waals surface area contributed by atoms with E-state index in [9.17, 15) is 5.11 Å². The van der Waals surface area contributed by atoms with Gasteiger partial charge in [-0.3, -0.25) is 5.41 Å². The summed E-state index contributed by atoms with van der Waals surface area (Å²) in [5.74, 6) is 0.0817. The normalized spacial score (nSPS) is 12.2. The van der Waals surface area contributed by atoms with E-state index < -0.39 is 0 Å². The zero-order valence-corrected chi connectivity index (χ0v) is 9.77. The number of rotatable bonds is 5. The van der Waals surface area contributed by atoms with Gasteiger partial charge in [0.1, 0.15) is 5.84 Å². The predicted octanol–water partition coefficient (Wildman–Crippen LogP) is 1.18. The molecule has 4 nitrogen and oxygen atoms in total. The number of nitrogens with zero attached hydrogens (tertiary/aromatic N) is 1. The second-order valence-corrected chi connectivity index (χ2v) is 4.02. The van der Waals surface area contributed by atoms with E-state index >= 15 is 0 Å². The van der Waals surface area contributed by atoms with Crippen molar-refractivity contribution >= 4 is 11.5 Å². The minimum atomic E-state index is -0.279.